The number of cyclic esters (lactones) is 1. The zero-order valence-electron chi connectivity index (χ0n) is 8.69. The summed E-state index contributed by atoms with van der Waals surface area (Å²) in [6.07, 6.45) is 2.48. The maximum Gasteiger partial charge on any atom is 0.407 e. The molecule has 0 radical (unpaired) electrons. The summed E-state index contributed by atoms with van der Waals surface area (Å²) in [5.41, 5.74) is 2.34. The second-order valence-electron chi connectivity index (χ2n) is 4.00. The van der Waals surface area contributed by atoms with Gasteiger partial charge in [0.25, 0.3) is 0 Å². The van der Waals surface area contributed by atoms with Crippen molar-refractivity contribution in [2.75, 3.05) is 6.61 Å². The Bertz CT molecular complexity index is 533. The Morgan fingerprint density at radius 1 is 1.38 bits per heavy atom. The second kappa shape index (κ2) is 3.56. The van der Waals surface area contributed by atoms with Crippen LogP contribution >= 0.6 is 0 Å². The Labute approximate surface area is 92.6 Å². The van der Waals surface area contributed by atoms with Crippen molar-refractivity contribution in [3.63, 3.8) is 0 Å². The third kappa shape index (κ3) is 1.52. The fraction of sp³-hybridized carbons (Fsp3) is 0.250. The molecule has 0 unspecified atom stereocenters. The molecule has 1 aliphatic heterocycles. The van der Waals surface area contributed by atoms with E-state index in [2.05, 4.69) is 16.4 Å². The number of hydrogen-bond donors (Lipinski definition) is 2. The van der Waals surface area contributed by atoms with Crippen molar-refractivity contribution >= 4 is 17.0 Å². The van der Waals surface area contributed by atoms with E-state index in [9.17, 15) is 4.79 Å². The molecule has 4 nitrogen and oxygen atoms in total. The molecular formula is C12H12N2O2. The molecule has 0 saturated carbocycles. The number of amides is 1. The first-order valence-corrected chi connectivity index (χ1v) is 5.31. The number of H-pyrrole nitrogens is 1. The number of benzene rings is 1. The van der Waals surface area contributed by atoms with Gasteiger partial charge in [0.1, 0.15) is 6.61 Å². The number of ether oxygens (including phenoxy) is 1. The fourth-order valence-electron chi connectivity index (χ4n) is 2.10. The predicted octanol–water partition coefficient (Wildman–Crippen LogP) is 1.82. The lowest BCUT2D eigenvalue weighted by atomic mass is 10.1. The van der Waals surface area contributed by atoms with Gasteiger partial charge in [-0.15, -0.1) is 0 Å². The van der Waals surface area contributed by atoms with Crippen LogP contribution in [0.25, 0.3) is 10.9 Å². The maximum absolute atomic E-state index is 10.9. The van der Waals surface area contributed by atoms with Crippen molar-refractivity contribution < 1.29 is 9.53 Å². The average Bonchev–Trinajstić information content (AvgIpc) is 2.87. The van der Waals surface area contributed by atoms with Crippen LogP contribution in [0.15, 0.2) is 30.5 Å². The molecule has 1 atom stereocenters. The summed E-state index contributed by atoms with van der Waals surface area (Å²) in [4.78, 5) is 14.1. The van der Waals surface area contributed by atoms with E-state index in [0.717, 1.165) is 11.9 Å². The van der Waals surface area contributed by atoms with Crippen LogP contribution in [0.3, 0.4) is 0 Å². The molecule has 16 heavy (non-hydrogen) atoms. The summed E-state index contributed by atoms with van der Waals surface area (Å²) in [6.45, 7) is 0.457. The van der Waals surface area contributed by atoms with E-state index < -0.39 is 0 Å². The Morgan fingerprint density at radius 2 is 2.25 bits per heavy atom. The number of hydrogen-bond acceptors (Lipinski definition) is 2. The predicted molar refractivity (Wildman–Crippen MR) is 60.3 cm³/mol. The quantitative estimate of drug-likeness (QED) is 0.804. The summed E-state index contributed by atoms with van der Waals surface area (Å²) in [5, 5.41) is 3.99. The molecular weight excluding hydrogens is 204 g/mol. The standard InChI is InChI=1S/C12H12N2O2/c15-12-14-9(7-16-12)5-8-6-13-11-4-2-1-3-10(8)11/h1-4,6,9,13H,5,7H2,(H,14,15)/t9-/m0/s1. The highest BCUT2D eigenvalue weighted by molar-refractivity contribution is 5.83. The van der Waals surface area contributed by atoms with Gasteiger partial charge in [-0.25, -0.2) is 4.79 Å². The first-order chi connectivity index (χ1) is 7.83. The van der Waals surface area contributed by atoms with Gasteiger partial charge in [0, 0.05) is 17.1 Å². The van der Waals surface area contributed by atoms with Gasteiger partial charge in [0.15, 0.2) is 0 Å². The number of nitrogens with one attached hydrogen (secondary N) is 2. The highest BCUT2D eigenvalue weighted by Crippen LogP contribution is 2.19. The SMILES string of the molecule is O=C1N[C@@H](Cc2c[nH]c3ccccc23)CO1. The van der Waals surface area contributed by atoms with Crippen LogP contribution in [0.4, 0.5) is 4.79 Å². The number of carbonyl (C=O) groups is 1. The van der Waals surface area contributed by atoms with Crippen molar-refractivity contribution in [3.05, 3.63) is 36.0 Å². The fourth-order valence-corrected chi connectivity index (χ4v) is 2.10. The van der Waals surface area contributed by atoms with Crippen LogP contribution < -0.4 is 5.32 Å². The van der Waals surface area contributed by atoms with Crippen molar-refractivity contribution in [2.24, 2.45) is 0 Å². The minimum Gasteiger partial charge on any atom is -0.447 e. The largest absolute Gasteiger partial charge is 0.447 e. The van der Waals surface area contributed by atoms with Crippen LogP contribution in [0.5, 0.6) is 0 Å². The van der Waals surface area contributed by atoms with Crippen molar-refractivity contribution in [3.8, 4) is 0 Å². The number of para-hydroxylation sites is 1. The molecule has 0 spiro atoms. The number of carbonyl (C=O) groups excluding carboxylic acids is 1. The number of aromatic nitrogens is 1. The van der Waals surface area contributed by atoms with Crippen LogP contribution in [-0.2, 0) is 11.2 Å². The Balaban J connectivity index is 1.86. The van der Waals surface area contributed by atoms with Crippen LogP contribution in [0, 0.1) is 0 Å². The number of rotatable bonds is 2. The van der Waals surface area contributed by atoms with E-state index >= 15 is 0 Å². The normalized spacial score (nSPS) is 19.8. The lowest BCUT2D eigenvalue weighted by molar-refractivity contribution is 0.177. The molecule has 1 aliphatic rings. The van der Waals surface area contributed by atoms with Gasteiger partial charge in [0.05, 0.1) is 6.04 Å². The van der Waals surface area contributed by atoms with E-state index in [0.29, 0.717) is 6.61 Å². The summed E-state index contributed by atoms with van der Waals surface area (Å²) in [6, 6.07) is 8.24. The highest BCUT2D eigenvalue weighted by Gasteiger charge is 2.22. The van der Waals surface area contributed by atoms with Crippen LogP contribution in [0.1, 0.15) is 5.56 Å². The third-order valence-electron chi connectivity index (χ3n) is 2.88. The van der Waals surface area contributed by atoms with Crippen molar-refractivity contribution in [2.45, 2.75) is 12.5 Å². The average molecular weight is 216 g/mol. The van der Waals surface area contributed by atoms with Crippen LogP contribution in [-0.4, -0.2) is 23.7 Å². The zero-order chi connectivity index (χ0) is 11.0. The molecule has 0 bridgehead atoms. The monoisotopic (exact) mass is 216 g/mol. The van der Waals surface area contributed by atoms with Gasteiger partial charge in [0.2, 0.25) is 0 Å². The van der Waals surface area contributed by atoms with Gasteiger partial charge >= 0.3 is 6.09 Å². The Hall–Kier alpha value is -1.97. The van der Waals surface area contributed by atoms with E-state index in [-0.39, 0.29) is 12.1 Å². The first-order valence-electron chi connectivity index (χ1n) is 5.31. The molecule has 1 aromatic heterocycles. The molecule has 2 N–H and O–H groups in total. The summed E-state index contributed by atoms with van der Waals surface area (Å²) >= 11 is 0. The number of aromatic amines is 1. The molecule has 1 saturated heterocycles. The van der Waals surface area contributed by atoms with E-state index in [1.54, 1.807) is 0 Å². The zero-order valence-corrected chi connectivity index (χ0v) is 8.69. The first kappa shape index (κ1) is 9.27. The molecule has 2 heterocycles. The van der Waals surface area contributed by atoms with Gasteiger partial charge in [-0.3, -0.25) is 0 Å². The molecule has 1 aromatic carbocycles. The molecule has 4 heteroatoms. The number of fused-ring (bicyclic) bond motifs is 1. The topological polar surface area (TPSA) is 54.1 Å². The second-order valence-corrected chi connectivity index (χ2v) is 4.00. The van der Waals surface area contributed by atoms with Crippen LogP contribution in [0.2, 0.25) is 0 Å². The van der Waals surface area contributed by atoms with Gasteiger partial charge < -0.3 is 15.0 Å². The molecule has 1 amide bonds. The summed E-state index contributed by atoms with van der Waals surface area (Å²) in [7, 11) is 0. The lowest BCUT2D eigenvalue weighted by Crippen LogP contribution is -2.28. The minimum absolute atomic E-state index is 0.0895. The van der Waals surface area contributed by atoms with Gasteiger partial charge in [-0.05, 0) is 18.1 Å². The summed E-state index contributed by atoms with van der Waals surface area (Å²) < 4.78 is 4.87. The summed E-state index contributed by atoms with van der Waals surface area (Å²) in [5.74, 6) is 0. The van der Waals surface area contributed by atoms with Gasteiger partial charge in [-0.2, -0.15) is 0 Å². The lowest BCUT2D eigenvalue weighted by Gasteiger charge is -2.05. The van der Waals surface area contributed by atoms with Gasteiger partial charge in [-0.1, -0.05) is 18.2 Å². The molecule has 0 aliphatic carbocycles. The van der Waals surface area contributed by atoms with Crippen molar-refractivity contribution in [1.29, 1.82) is 0 Å². The molecule has 3 rings (SSSR count). The Kier molecular flexibility index (Phi) is 2.06. The van der Waals surface area contributed by atoms with E-state index in [1.165, 1.54) is 10.9 Å². The maximum atomic E-state index is 10.9. The van der Waals surface area contributed by atoms with E-state index in [1.807, 2.05) is 24.4 Å². The molecule has 1 fully saturated rings. The molecule has 2 aromatic rings. The Morgan fingerprint density at radius 3 is 3.06 bits per heavy atom. The highest BCUT2D eigenvalue weighted by atomic mass is 16.6. The van der Waals surface area contributed by atoms with Crippen molar-refractivity contribution in [1.82, 2.24) is 10.3 Å². The third-order valence-corrected chi connectivity index (χ3v) is 2.88. The molecule has 82 valence electrons. The minimum atomic E-state index is -0.315. The van der Waals surface area contributed by atoms with E-state index in [4.69, 9.17) is 4.74 Å². The number of alkyl carbamates (subject to hydrolysis) is 1. The smallest absolute Gasteiger partial charge is 0.407 e.